The Kier molecular flexibility index (Phi) is 6.69. The van der Waals surface area contributed by atoms with Crippen molar-refractivity contribution in [2.24, 2.45) is 0 Å². The third-order valence-corrected chi connectivity index (χ3v) is 6.72. The number of nitrogens with zero attached hydrogens (tertiary/aromatic N) is 3. The number of anilines is 2. The molecule has 11 heteroatoms. The SMILES string of the molecule is C[C@H]1Oc2ccc(NC(=O)CSc3nnc(-c4ccc(F)cc4)n3C[C@@H]3CCCO3)cc2NC1=O. The standard InChI is InChI=1S/C24H24FN5O4S/c1-14-23(32)27-19-11-17(8-9-20(19)34-14)26-21(31)13-35-24-29-28-22(15-4-6-16(25)7-5-15)30(24)12-18-3-2-10-33-18/h4-9,11,14,18H,2-3,10,12-13H2,1H3,(H,26,31)(H,27,32)/t14-,18+/m1/s1. The molecule has 0 radical (unpaired) electrons. The molecule has 3 heterocycles. The van der Waals surface area contributed by atoms with Gasteiger partial charge < -0.3 is 20.1 Å². The number of carbonyl (C=O) groups is 2. The number of hydrogen-bond acceptors (Lipinski definition) is 7. The van der Waals surface area contributed by atoms with Crippen LogP contribution in [0.5, 0.6) is 5.75 Å². The predicted molar refractivity (Wildman–Crippen MR) is 129 cm³/mol. The fourth-order valence-electron chi connectivity index (χ4n) is 3.98. The summed E-state index contributed by atoms with van der Waals surface area (Å²) < 4.78 is 26.7. The second-order valence-electron chi connectivity index (χ2n) is 8.36. The Balaban J connectivity index is 1.28. The Labute approximate surface area is 205 Å². The molecule has 5 rings (SSSR count). The first kappa shape index (κ1) is 23.3. The molecule has 0 spiro atoms. The van der Waals surface area contributed by atoms with E-state index in [0.717, 1.165) is 25.0 Å². The molecule has 9 nitrogen and oxygen atoms in total. The minimum absolute atomic E-state index is 0.0361. The topological polar surface area (TPSA) is 107 Å². The summed E-state index contributed by atoms with van der Waals surface area (Å²) in [7, 11) is 0. The van der Waals surface area contributed by atoms with E-state index in [1.54, 1.807) is 37.3 Å². The summed E-state index contributed by atoms with van der Waals surface area (Å²) in [6.45, 7) is 2.94. The van der Waals surface area contributed by atoms with E-state index in [2.05, 4.69) is 20.8 Å². The second kappa shape index (κ2) is 10.0. The van der Waals surface area contributed by atoms with Gasteiger partial charge in [0, 0.05) is 17.9 Å². The summed E-state index contributed by atoms with van der Waals surface area (Å²) in [6.07, 6.45) is 1.40. The van der Waals surface area contributed by atoms with E-state index in [0.29, 0.717) is 34.6 Å². The van der Waals surface area contributed by atoms with E-state index in [1.165, 1.54) is 23.9 Å². The van der Waals surface area contributed by atoms with Crippen LogP contribution in [0.3, 0.4) is 0 Å². The Morgan fingerprint density at radius 3 is 2.86 bits per heavy atom. The number of hydrogen-bond donors (Lipinski definition) is 2. The third kappa shape index (κ3) is 5.30. The highest BCUT2D eigenvalue weighted by atomic mass is 32.2. The van der Waals surface area contributed by atoms with Crippen LogP contribution in [0.15, 0.2) is 47.6 Å². The number of thioether (sulfide) groups is 1. The molecule has 3 aromatic rings. The van der Waals surface area contributed by atoms with Crippen molar-refractivity contribution in [1.29, 1.82) is 0 Å². The van der Waals surface area contributed by atoms with Gasteiger partial charge in [-0.15, -0.1) is 10.2 Å². The summed E-state index contributed by atoms with van der Waals surface area (Å²) in [5, 5.41) is 14.8. The second-order valence-corrected chi connectivity index (χ2v) is 9.30. The number of carbonyl (C=O) groups excluding carboxylic acids is 2. The summed E-state index contributed by atoms with van der Waals surface area (Å²) in [5.41, 5.74) is 1.79. The van der Waals surface area contributed by atoms with Gasteiger partial charge in [0.25, 0.3) is 5.91 Å². The lowest BCUT2D eigenvalue weighted by molar-refractivity contribution is -0.122. The number of nitrogens with one attached hydrogen (secondary N) is 2. The largest absolute Gasteiger partial charge is 0.479 e. The van der Waals surface area contributed by atoms with Crippen LogP contribution in [0.2, 0.25) is 0 Å². The van der Waals surface area contributed by atoms with Gasteiger partial charge in [-0.05, 0) is 62.2 Å². The van der Waals surface area contributed by atoms with E-state index in [-0.39, 0.29) is 29.5 Å². The first-order valence-electron chi connectivity index (χ1n) is 11.3. The summed E-state index contributed by atoms with van der Waals surface area (Å²) >= 11 is 1.26. The molecule has 2 aliphatic rings. The van der Waals surface area contributed by atoms with Gasteiger partial charge in [0.1, 0.15) is 11.6 Å². The van der Waals surface area contributed by atoms with Gasteiger partial charge in [0.15, 0.2) is 17.1 Å². The Morgan fingerprint density at radius 2 is 2.09 bits per heavy atom. The number of halogens is 1. The van der Waals surface area contributed by atoms with Crippen molar-refractivity contribution < 1.29 is 23.5 Å². The lowest BCUT2D eigenvalue weighted by atomic mass is 10.2. The van der Waals surface area contributed by atoms with Crippen LogP contribution < -0.4 is 15.4 Å². The lowest BCUT2D eigenvalue weighted by Gasteiger charge is -2.23. The van der Waals surface area contributed by atoms with Gasteiger partial charge in [0.2, 0.25) is 5.91 Å². The van der Waals surface area contributed by atoms with Gasteiger partial charge in [-0.3, -0.25) is 14.2 Å². The normalized spacial score (nSPS) is 19.1. The molecular formula is C24H24FN5O4S. The number of fused-ring (bicyclic) bond motifs is 1. The van der Waals surface area contributed by atoms with Crippen molar-refractivity contribution >= 4 is 35.0 Å². The van der Waals surface area contributed by atoms with Crippen molar-refractivity contribution in [2.75, 3.05) is 23.0 Å². The van der Waals surface area contributed by atoms with Gasteiger partial charge in [-0.1, -0.05) is 11.8 Å². The number of benzene rings is 2. The minimum Gasteiger partial charge on any atom is -0.479 e. The van der Waals surface area contributed by atoms with E-state index < -0.39 is 6.10 Å². The Hall–Kier alpha value is -3.44. The Bertz CT molecular complexity index is 1240. The van der Waals surface area contributed by atoms with Gasteiger partial charge >= 0.3 is 0 Å². The summed E-state index contributed by atoms with van der Waals surface area (Å²) in [4.78, 5) is 24.5. The zero-order valence-corrected chi connectivity index (χ0v) is 19.8. The molecule has 0 aliphatic carbocycles. The van der Waals surface area contributed by atoms with Gasteiger partial charge in [0.05, 0.1) is 24.1 Å². The molecule has 2 aromatic carbocycles. The van der Waals surface area contributed by atoms with E-state index in [9.17, 15) is 14.0 Å². The van der Waals surface area contributed by atoms with Gasteiger partial charge in [-0.2, -0.15) is 0 Å². The third-order valence-electron chi connectivity index (χ3n) is 5.76. The number of aromatic nitrogens is 3. The summed E-state index contributed by atoms with van der Waals surface area (Å²) in [5.74, 6) is 0.459. The molecule has 1 saturated heterocycles. The van der Waals surface area contributed by atoms with Crippen molar-refractivity contribution in [3.05, 3.63) is 48.3 Å². The lowest BCUT2D eigenvalue weighted by Crippen LogP contribution is -2.34. The van der Waals surface area contributed by atoms with Crippen LogP contribution in [0.4, 0.5) is 15.8 Å². The monoisotopic (exact) mass is 497 g/mol. The minimum atomic E-state index is -0.564. The van der Waals surface area contributed by atoms with Crippen molar-refractivity contribution in [3.8, 4) is 17.1 Å². The maximum atomic E-state index is 13.4. The van der Waals surface area contributed by atoms with Crippen molar-refractivity contribution in [1.82, 2.24) is 14.8 Å². The smallest absolute Gasteiger partial charge is 0.265 e. The van der Waals surface area contributed by atoms with E-state index in [1.807, 2.05) is 4.57 Å². The highest BCUT2D eigenvalue weighted by molar-refractivity contribution is 7.99. The molecule has 2 aliphatic heterocycles. The van der Waals surface area contributed by atoms with Crippen molar-refractivity contribution in [2.45, 2.75) is 43.7 Å². The molecule has 1 aromatic heterocycles. The molecule has 182 valence electrons. The molecule has 0 unspecified atom stereocenters. The Morgan fingerprint density at radius 1 is 1.26 bits per heavy atom. The molecule has 2 N–H and O–H groups in total. The fourth-order valence-corrected chi connectivity index (χ4v) is 4.73. The molecular weight excluding hydrogens is 473 g/mol. The first-order chi connectivity index (χ1) is 17.0. The van der Waals surface area contributed by atoms with Crippen LogP contribution in [0.25, 0.3) is 11.4 Å². The average molecular weight is 498 g/mol. The molecule has 1 fully saturated rings. The zero-order chi connectivity index (χ0) is 24.4. The van der Waals surface area contributed by atoms with Crippen LogP contribution in [0.1, 0.15) is 19.8 Å². The van der Waals surface area contributed by atoms with Crippen LogP contribution in [-0.2, 0) is 20.9 Å². The number of ether oxygens (including phenoxy) is 2. The maximum absolute atomic E-state index is 13.4. The molecule has 0 bridgehead atoms. The quantitative estimate of drug-likeness (QED) is 0.479. The summed E-state index contributed by atoms with van der Waals surface area (Å²) in [6, 6.07) is 11.2. The van der Waals surface area contributed by atoms with E-state index >= 15 is 0 Å². The fraction of sp³-hybridized carbons (Fsp3) is 0.333. The highest BCUT2D eigenvalue weighted by Crippen LogP contribution is 2.32. The highest BCUT2D eigenvalue weighted by Gasteiger charge is 2.24. The number of amides is 2. The average Bonchev–Trinajstić information content (AvgIpc) is 3.50. The number of rotatable bonds is 7. The zero-order valence-electron chi connectivity index (χ0n) is 19.0. The molecule has 2 amide bonds. The maximum Gasteiger partial charge on any atom is 0.265 e. The van der Waals surface area contributed by atoms with Crippen LogP contribution in [0, 0.1) is 5.82 Å². The van der Waals surface area contributed by atoms with Gasteiger partial charge in [-0.25, -0.2) is 4.39 Å². The van der Waals surface area contributed by atoms with E-state index in [4.69, 9.17) is 9.47 Å². The first-order valence-corrected chi connectivity index (χ1v) is 12.3. The van der Waals surface area contributed by atoms with Crippen LogP contribution >= 0.6 is 11.8 Å². The molecule has 2 atom stereocenters. The van der Waals surface area contributed by atoms with Crippen molar-refractivity contribution in [3.63, 3.8) is 0 Å². The van der Waals surface area contributed by atoms with Crippen LogP contribution in [-0.4, -0.2) is 51.1 Å². The molecule has 0 saturated carbocycles. The molecule has 35 heavy (non-hydrogen) atoms. The predicted octanol–water partition coefficient (Wildman–Crippen LogP) is 3.71.